The molecule has 2 amide bonds. The van der Waals surface area contributed by atoms with Crippen molar-refractivity contribution >= 4 is 29.5 Å². The zero-order valence-electron chi connectivity index (χ0n) is 14.3. The quantitative estimate of drug-likeness (QED) is 0.788. The van der Waals surface area contributed by atoms with E-state index in [1.165, 1.54) is 6.07 Å². The molecule has 7 nitrogen and oxygen atoms in total. The molecule has 0 aliphatic carbocycles. The first-order valence-corrected chi connectivity index (χ1v) is 9.25. The summed E-state index contributed by atoms with van der Waals surface area (Å²) in [6.07, 6.45) is 0. The van der Waals surface area contributed by atoms with Gasteiger partial charge in [-0.1, -0.05) is 6.07 Å². The predicted molar refractivity (Wildman–Crippen MR) is 94.8 cm³/mol. The van der Waals surface area contributed by atoms with Gasteiger partial charge in [0, 0.05) is 24.4 Å². The largest absolute Gasteiger partial charge is 0.482 e. The summed E-state index contributed by atoms with van der Waals surface area (Å²) in [5, 5.41) is 8.68. The number of carbonyl (C=O) groups is 3. The topological polar surface area (TPSA) is 87.2 Å². The predicted octanol–water partition coefficient (Wildman–Crippen LogP) is 1.53. The van der Waals surface area contributed by atoms with Gasteiger partial charge in [-0.05, 0) is 32.0 Å². The van der Waals surface area contributed by atoms with E-state index in [2.05, 4.69) is 0 Å². The van der Waals surface area contributed by atoms with Gasteiger partial charge in [-0.15, -0.1) is 11.8 Å². The number of benzene rings is 1. The smallest absolute Gasteiger partial charge is 0.341 e. The number of carboxylic acid groups (broad SMARTS) is 1. The van der Waals surface area contributed by atoms with Crippen molar-refractivity contribution in [2.45, 2.75) is 19.9 Å². The fraction of sp³-hybridized carbons (Fsp3) is 0.471. The molecule has 8 heteroatoms. The first-order valence-electron chi connectivity index (χ1n) is 8.10. The van der Waals surface area contributed by atoms with E-state index >= 15 is 0 Å². The number of amides is 2. The van der Waals surface area contributed by atoms with Crippen molar-refractivity contribution in [1.29, 1.82) is 0 Å². The molecule has 1 fully saturated rings. The first kappa shape index (κ1) is 19.1. The second-order valence-electron chi connectivity index (χ2n) is 5.51. The average molecular weight is 366 g/mol. The third kappa shape index (κ3) is 4.66. The molecule has 1 aliphatic rings. The Bertz CT molecular complexity index is 648. The molecule has 0 bridgehead atoms. The van der Waals surface area contributed by atoms with Gasteiger partial charge < -0.3 is 19.6 Å². The molecule has 0 aromatic heterocycles. The molecule has 1 saturated heterocycles. The van der Waals surface area contributed by atoms with E-state index in [4.69, 9.17) is 9.84 Å². The number of hydrogen-bond acceptors (Lipinski definition) is 5. The second kappa shape index (κ2) is 8.75. The first-order chi connectivity index (χ1) is 12.0. The molecule has 25 heavy (non-hydrogen) atoms. The highest BCUT2D eigenvalue weighted by molar-refractivity contribution is 7.99. The lowest BCUT2D eigenvalue weighted by molar-refractivity contribution is -0.139. The molecular weight excluding hydrogens is 344 g/mol. The highest BCUT2D eigenvalue weighted by Gasteiger charge is 2.36. The van der Waals surface area contributed by atoms with Crippen LogP contribution in [0.25, 0.3) is 0 Å². The van der Waals surface area contributed by atoms with Crippen LogP contribution in [-0.2, 0) is 9.59 Å². The summed E-state index contributed by atoms with van der Waals surface area (Å²) >= 11 is 1.55. The van der Waals surface area contributed by atoms with Crippen molar-refractivity contribution in [3.05, 3.63) is 29.8 Å². The number of carboxylic acids is 1. The van der Waals surface area contributed by atoms with E-state index in [9.17, 15) is 14.4 Å². The number of hydrogen-bond donors (Lipinski definition) is 1. The Morgan fingerprint density at radius 3 is 2.68 bits per heavy atom. The van der Waals surface area contributed by atoms with E-state index in [0.29, 0.717) is 36.0 Å². The maximum absolute atomic E-state index is 12.8. The summed E-state index contributed by atoms with van der Waals surface area (Å²) in [7, 11) is 0. The number of ether oxygens (including phenoxy) is 1. The number of carbonyl (C=O) groups excluding carboxylic acids is 2. The highest BCUT2D eigenvalue weighted by atomic mass is 32.2. The molecule has 1 heterocycles. The Hall–Kier alpha value is -2.22. The lowest BCUT2D eigenvalue weighted by Gasteiger charge is -2.28. The van der Waals surface area contributed by atoms with Crippen LogP contribution in [0.3, 0.4) is 0 Å². The van der Waals surface area contributed by atoms with Crippen molar-refractivity contribution < 1.29 is 24.2 Å². The molecule has 1 aromatic rings. The molecule has 1 atom stereocenters. The van der Waals surface area contributed by atoms with Crippen LogP contribution >= 0.6 is 11.8 Å². The van der Waals surface area contributed by atoms with Crippen molar-refractivity contribution in [3.63, 3.8) is 0 Å². The number of aliphatic carboxylic acids is 1. The van der Waals surface area contributed by atoms with Gasteiger partial charge in [-0.2, -0.15) is 0 Å². The Morgan fingerprint density at radius 2 is 2.04 bits per heavy atom. The van der Waals surface area contributed by atoms with Crippen LogP contribution in [0.2, 0.25) is 0 Å². The molecule has 0 saturated carbocycles. The van der Waals surface area contributed by atoms with Crippen molar-refractivity contribution in [3.8, 4) is 5.75 Å². The van der Waals surface area contributed by atoms with Crippen LogP contribution in [-0.4, -0.2) is 70.1 Å². The number of likely N-dealkylation sites (N-methyl/N-ethyl adjacent to an activating group) is 1. The molecule has 0 radical (unpaired) electrons. The van der Waals surface area contributed by atoms with Crippen molar-refractivity contribution in [2.24, 2.45) is 0 Å². The summed E-state index contributed by atoms with van der Waals surface area (Å²) in [5.41, 5.74) is 0.378. The van der Waals surface area contributed by atoms with E-state index in [1.54, 1.807) is 39.8 Å². The zero-order valence-corrected chi connectivity index (χ0v) is 15.1. The fourth-order valence-corrected chi connectivity index (χ4v) is 3.77. The van der Waals surface area contributed by atoms with Gasteiger partial charge in [0.25, 0.3) is 5.91 Å². The number of nitrogens with zero attached hydrogens (tertiary/aromatic N) is 2. The van der Waals surface area contributed by atoms with Gasteiger partial charge in [0.2, 0.25) is 5.91 Å². The fourth-order valence-electron chi connectivity index (χ4n) is 2.62. The summed E-state index contributed by atoms with van der Waals surface area (Å²) in [6.45, 7) is 4.58. The molecular formula is C17H22N2O5S. The van der Waals surface area contributed by atoms with Crippen LogP contribution < -0.4 is 4.74 Å². The molecule has 1 unspecified atom stereocenters. The van der Waals surface area contributed by atoms with Crippen molar-refractivity contribution in [2.75, 3.05) is 31.3 Å². The standard InChI is InChI=1S/C17H22N2O5S/c1-3-18(4-2)17(23)14-10-25-11-19(14)16(22)12-6-5-7-13(8-12)24-9-15(20)21/h5-8,14H,3-4,9-11H2,1-2H3,(H,20,21). The van der Waals surface area contributed by atoms with E-state index in [1.807, 2.05) is 13.8 Å². The van der Waals surface area contributed by atoms with Gasteiger partial charge in [-0.3, -0.25) is 9.59 Å². The van der Waals surface area contributed by atoms with E-state index < -0.39 is 18.6 Å². The van der Waals surface area contributed by atoms with Gasteiger partial charge in [0.05, 0.1) is 5.88 Å². The molecule has 2 rings (SSSR count). The highest BCUT2D eigenvalue weighted by Crippen LogP contribution is 2.25. The lowest BCUT2D eigenvalue weighted by Crippen LogP contribution is -2.48. The summed E-state index contributed by atoms with van der Waals surface area (Å²) in [5.74, 6) is -0.0327. The average Bonchev–Trinajstić information content (AvgIpc) is 3.10. The third-order valence-corrected chi connectivity index (χ3v) is 4.96. The van der Waals surface area contributed by atoms with Crippen LogP contribution in [0.15, 0.2) is 24.3 Å². The van der Waals surface area contributed by atoms with Crippen LogP contribution in [0.1, 0.15) is 24.2 Å². The monoisotopic (exact) mass is 366 g/mol. The van der Waals surface area contributed by atoms with E-state index in [-0.39, 0.29) is 11.8 Å². The van der Waals surface area contributed by atoms with Crippen LogP contribution in [0, 0.1) is 0 Å². The number of rotatable bonds is 7. The van der Waals surface area contributed by atoms with Crippen LogP contribution in [0.5, 0.6) is 5.75 Å². The number of thioether (sulfide) groups is 1. The van der Waals surface area contributed by atoms with Gasteiger partial charge >= 0.3 is 5.97 Å². The lowest BCUT2D eigenvalue weighted by atomic mass is 10.1. The molecule has 136 valence electrons. The Balaban J connectivity index is 2.14. The third-order valence-electron chi connectivity index (χ3n) is 3.95. The Morgan fingerprint density at radius 1 is 1.32 bits per heavy atom. The summed E-state index contributed by atoms with van der Waals surface area (Å²) < 4.78 is 5.12. The summed E-state index contributed by atoms with van der Waals surface area (Å²) in [4.78, 5) is 39.3. The zero-order chi connectivity index (χ0) is 18.4. The minimum atomic E-state index is -1.09. The Kier molecular flexibility index (Phi) is 6.69. The Labute approximate surface area is 150 Å². The van der Waals surface area contributed by atoms with Gasteiger partial charge in [-0.25, -0.2) is 4.79 Å². The van der Waals surface area contributed by atoms with E-state index in [0.717, 1.165) is 0 Å². The minimum Gasteiger partial charge on any atom is -0.482 e. The van der Waals surface area contributed by atoms with Crippen molar-refractivity contribution in [1.82, 2.24) is 9.80 Å². The SMILES string of the molecule is CCN(CC)C(=O)C1CSCN1C(=O)c1cccc(OCC(=O)O)c1. The molecule has 1 N–H and O–H groups in total. The van der Waals surface area contributed by atoms with Gasteiger partial charge in [0.1, 0.15) is 11.8 Å². The van der Waals surface area contributed by atoms with Gasteiger partial charge in [0.15, 0.2) is 6.61 Å². The maximum atomic E-state index is 12.8. The molecule has 1 aliphatic heterocycles. The maximum Gasteiger partial charge on any atom is 0.341 e. The molecule has 0 spiro atoms. The normalized spacial score (nSPS) is 16.6. The minimum absolute atomic E-state index is 0.0402. The second-order valence-corrected chi connectivity index (χ2v) is 6.51. The van der Waals surface area contributed by atoms with Crippen LogP contribution in [0.4, 0.5) is 0 Å². The summed E-state index contributed by atoms with van der Waals surface area (Å²) in [6, 6.07) is 5.90. The molecule has 1 aromatic carbocycles.